The predicted octanol–water partition coefficient (Wildman–Crippen LogP) is 6.74. The first-order chi connectivity index (χ1) is 17.2. The zero-order valence-electron chi connectivity index (χ0n) is 20.8. The van der Waals surface area contributed by atoms with Crippen molar-refractivity contribution in [3.05, 3.63) is 70.8 Å². The summed E-state index contributed by atoms with van der Waals surface area (Å²) in [5.41, 5.74) is 4.39. The van der Waals surface area contributed by atoms with Crippen LogP contribution in [0.5, 0.6) is 5.75 Å². The number of halogens is 1. The van der Waals surface area contributed by atoms with Crippen LogP contribution in [0.15, 0.2) is 65.3 Å². The fourth-order valence-electron chi connectivity index (χ4n) is 4.64. The van der Waals surface area contributed by atoms with Gasteiger partial charge in [0.2, 0.25) is 0 Å². The summed E-state index contributed by atoms with van der Waals surface area (Å²) in [4.78, 5) is 17.5. The van der Waals surface area contributed by atoms with Gasteiger partial charge < -0.3 is 14.8 Å². The summed E-state index contributed by atoms with van der Waals surface area (Å²) in [5, 5.41) is 7.81. The number of rotatable bonds is 5. The quantitative estimate of drug-likeness (QED) is 0.299. The van der Waals surface area contributed by atoms with Crippen LogP contribution in [0, 0.1) is 0 Å². The van der Waals surface area contributed by atoms with Gasteiger partial charge in [-0.3, -0.25) is 0 Å². The summed E-state index contributed by atoms with van der Waals surface area (Å²) >= 11 is 3.50. The van der Waals surface area contributed by atoms with E-state index < -0.39 is 11.1 Å². The van der Waals surface area contributed by atoms with Gasteiger partial charge in [0, 0.05) is 17.2 Å². The molecule has 186 valence electrons. The van der Waals surface area contributed by atoms with Gasteiger partial charge in [0.1, 0.15) is 15.9 Å². The van der Waals surface area contributed by atoms with Crippen LogP contribution in [0.25, 0.3) is 28.2 Å². The Balaban J connectivity index is 1.56. The van der Waals surface area contributed by atoms with E-state index in [1.54, 1.807) is 7.11 Å². The van der Waals surface area contributed by atoms with Crippen molar-refractivity contribution in [2.45, 2.75) is 51.2 Å². The number of ether oxygens (including phenoxy) is 2. The van der Waals surface area contributed by atoms with Gasteiger partial charge in [0.25, 0.3) is 0 Å². The van der Waals surface area contributed by atoms with E-state index >= 15 is 0 Å². The molecule has 1 saturated carbocycles. The standard InChI is InChI=1S/C28H29BrN4O3/c1-27(2,3)36-26(34)31-28(15-8-16-28)20-13-11-18(12-14-20)23-24(19-9-6-5-7-10-19)33-25(30-23)21(35-4)17-22(29)32-33/h5-7,9-14,17H,8,15-16H2,1-4H3,(H,31,34). The highest BCUT2D eigenvalue weighted by molar-refractivity contribution is 9.10. The van der Waals surface area contributed by atoms with E-state index in [0.717, 1.165) is 47.3 Å². The van der Waals surface area contributed by atoms with Crippen molar-refractivity contribution in [1.82, 2.24) is 19.9 Å². The minimum atomic E-state index is -0.542. The van der Waals surface area contributed by atoms with Gasteiger partial charge in [-0.2, -0.15) is 5.10 Å². The Morgan fingerprint density at radius 1 is 1.06 bits per heavy atom. The van der Waals surface area contributed by atoms with E-state index in [0.29, 0.717) is 16.0 Å². The fourth-order valence-corrected chi connectivity index (χ4v) is 5.00. The lowest BCUT2D eigenvalue weighted by molar-refractivity contribution is 0.0377. The summed E-state index contributed by atoms with van der Waals surface area (Å²) < 4.78 is 13.6. The first-order valence-electron chi connectivity index (χ1n) is 12.0. The highest BCUT2D eigenvalue weighted by Gasteiger charge is 2.41. The van der Waals surface area contributed by atoms with Crippen molar-refractivity contribution >= 4 is 27.7 Å². The Kier molecular flexibility index (Phi) is 6.24. The maximum Gasteiger partial charge on any atom is 0.408 e. The Morgan fingerprint density at radius 2 is 1.75 bits per heavy atom. The molecule has 8 heteroatoms. The molecule has 1 fully saturated rings. The minimum Gasteiger partial charge on any atom is -0.493 e. The van der Waals surface area contributed by atoms with Crippen molar-refractivity contribution in [3.8, 4) is 28.3 Å². The highest BCUT2D eigenvalue weighted by atomic mass is 79.9. The number of benzene rings is 2. The number of methoxy groups -OCH3 is 1. The topological polar surface area (TPSA) is 77.8 Å². The molecule has 0 aliphatic heterocycles. The number of nitrogens with one attached hydrogen (secondary N) is 1. The normalized spacial score (nSPS) is 14.8. The number of imidazole rings is 1. The lowest BCUT2D eigenvalue weighted by atomic mass is 9.71. The third-order valence-electron chi connectivity index (χ3n) is 6.45. The molecule has 2 aromatic heterocycles. The van der Waals surface area contributed by atoms with Crippen molar-refractivity contribution in [3.63, 3.8) is 0 Å². The molecule has 0 atom stereocenters. The fraction of sp³-hybridized carbons (Fsp3) is 0.321. The number of amides is 1. The molecule has 0 bridgehead atoms. The second-order valence-corrected chi connectivity index (χ2v) is 10.9. The molecule has 4 aromatic rings. The van der Waals surface area contributed by atoms with Crippen LogP contribution in [0.3, 0.4) is 0 Å². The van der Waals surface area contributed by atoms with Crippen LogP contribution >= 0.6 is 15.9 Å². The molecule has 36 heavy (non-hydrogen) atoms. The molecule has 2 aromatic carbocycles. The van der Waals surface area contributed by atoms with Gasteiger partial charge in [-0.05, 0) is 61.5 Å². The monoisotopic (exact) mass is 548 g/mol. The molecule has 0 radical (unpaired) electrons. The lowest BCUT2D eigenvalue weighted by Crippen LogP contribution is -2.52. The first-order valence-corrected chi connectivity index (χ1v) is 12.8. The second kappa shape index (κ2) is 9.24. The number of nitrogens with zero attached hydrogens (tertiary/aromatic N) is 3. The first kappa shape index (κ1) is 24.3. The molecule has 5 rings (SSSR count). The van der Waals surface area contributed by atoms with Gasteiger partial charge in [0.15, 0.2) is 11.4 Å². The van der Waals surface area contributed by atoms with Crippen molar-refractivity contribution in [2.24, 2.45) is 0 Å². The number of aromatic nitrogens is 3. The smallest absolute Gasteiger partial charge is 0.408 e. The predicted molar refractivity (Wildman–Crippen MR) is 143 cm³/mol. The van der Waals surface area contributed by atoms with Crippen LogP contribution in [0.2, 0.25) is 0 Å². The number of hydrogen-bond acceptors (Lipinski definition) is 5. The molecule has 0 saturated heterocycles. The summed E-state index contributed by atoms with van der Waals surface area (Å²) in [6, 6.07) is 20.2. The van der Waals surface area contributed by atoms with Crippen molar-refractivity contribution in [1.29, 1.82) is 0 Å². The number of alkyl carbamates (subject to hydrolysis) is 1. The molecule has 7 nitrogen and oxygen atoms in total. The Labute approximate surface area is 219 Å². The summed E-state index contributed by atoms with van der Waals surface area (Å²) in [6.45, 7) is 5.61. The maximum absolute atomic E-state index is 12.5. The number of hydrogen-bond donors (Lipinski definition) is 1. The van der Waals surface area contributed by atoms with E-state index in [2.05, 4.69) is 50.6 Å². The third-order valence-corrected chi connectivity index (χ3v) is 6.83. The van der Waals surface area contributed by atoms with Crippen LogP contribution in [-0.4, -0.2) is 33.4 Å². The zero-order valence-corrected chi connectivity index (χ0v) is 22.4. The molecule has 1 amide bonds. The Bertz CT molecular complexity index is 1410. The minimum absolute atomic E-state index is 0.387. The summed E-state index contributed by atoms with van der Waals surface area (Å²) in [5.74, 6) is 0.631. The number of fused-ring (bicyclic) bond motifs is 1. The Morgan fingerprint density at radius 3 is 2.33 bits per heavy atom. The second-order valence-electron chi connectivity index (χ2n) is 10.1. The van der Waals surface area contributed by atoms with Gasteiger partial charge in [-0.25, -0.2) is 14.3 Å². The molecule has 2 heterocycles. The molecule has 1 N–H and O–H groups in total. The van der Waals surface area contributed by atoms with Crippen molar-refractivity contribution < 1.29 is 14.3 Å². The molecule has 1 aliphatic carbocycles. The molecular formula is C28H29BrN4O3. The number of carbonyl (C=O) groups excluding carboxylic acids is 1. The lowest BCUT2D eigenvalue weighted by Gasteiger charge is -2.43. The summed E-state index contributed by atoms with van der Waals surface area (Å²) in [7, 11) is 1.63. The van der Waals surface area contributed by atoms with E-state index in [4.69, 9.17) is 14.5 Å². The van der Waals surface area contributed by atoms with Crippen LogP contribution in [-0.2, 0) is 10.3 Å². The van der Waals surface area contributed by atoms with E-state index in [-0.39, 0.29) is 6.09 Å². The maximum atomic E-state index is 12.5. The molecule has 1 aliphatic rings. The molecule has 0 spiro atoms. The van der Waals surface area contributed by atoms with Crippen LogP contribution in [0.1, 0.15) is 45.6 Å². The number of carbonyl (C=O) groups is 1. The Hall–Kier alpha value is -3.39. The highest BCUT2D eigenvalue weighted by Crippen LogP contribution is 2.43. The third kappa shape index (κ3) is 4.57. The molecular weight excluding hydrogens is 520 g/mol. The van der Waals surface area contributed by atoms with Crippen molar-refractivity contribution in [2.75, 3.05) is 7.11 Å². The van der Waals surface area contributed by atoms with Gasteiger partial charge in [-0.15, -0.1) is 0 Å². The van der Waals surface area contributed by atoms with Gasteiger partial charge >= 0.3 is 6.09 Å². The van der Waals surface area contributed by atoms with E-state index in [1.807, 2.05) is 61.7 Å². The van der Waals surface area contributed by atoms with Crippen LogP contribution < -0.4 is 10.1 Å². The van der Waals surface area contributed by atoms with E-state index in [1.165, 1.54) is 0 Å². The molecule has 0 unspecified atom stereocenters. The van der Waals surface area contributed by atoms with Gasteiger partial charge in [0.05, 0.1) is 18.3 Å². The zero-order chi connectivity index (χ0) is 25.5. The SMILES string of the molecule is COc1cc(Br)nn2c(-c3ccccc3)c(-c3ccc(C4(NC(=O)OC(C)(C)C)CCC4)cc3)nc12. The van der Waals surface area contributed by atoms with E-state index in [9.17, 15) is 4.79 Å². The van der Waals surface area contributed by atoms with Gasteiger partial charge in [-0.1, -0.05) is 54.6 Å². The largest absolute Gasteiger partial charge is 0.493 e. The summed E-state index contributed by atoms with van der Waals surface area (Å²) in [6.07, 6.45) is 2.43. The average Bonchev–Trinajstić information content (AvgIpc) is 3.19. The van der Waals surface area contributed by atoms with Crippen LogP contribution in [0.4, 0.5) is 4.79 Å². The average molecular weight is 549 g/mol.